The van der Waals surface area contributed by atoms with E-state index < -0.39 is 0 Å². The first kappa shape index (κ1) is 16.9. The molecule has 6 nitrogen and oxygen atoms in total. The van der Waals surface area contributed by atoms with Crippen molar-refractivity contribution < 1.29 is 0 Å². The molecule has 0 spiro atoms. The predicted octanol–water partition coefficient (Wildman–Crippen LogP) is 5.10. The third-order valence-corrected chi connectivity index (χ3v) is 4.79. The first-order valence-corrected chi connectivity index (χ1v) is 9.20. The maximum Gasteiger partial charge on any atom is 0.162 e. The van der Waals surface area contributed by atoms with Crippen molar-refractivity contribution in [3.8, 4) is 17.5 Å². The Morgan fingerprint density at radius 2 is 1.79 bits per heavy atom. The van der Waals surface area contributed by atoms with Crippen molar-refractivity contribution in [2.75, 3.05) is 5.32 Å². The van der Waals surface area contributed by atoms with E-state index in [4.69, 9.17) is 9.97 Å². The minimum absolute atomic E-state index is 0.558. The zero-order valence-electron chi connectivity index (χ0n) is 15.6. The van der Waals surface area contributed by atoms with Gasteiger partial charge in [-0.2, -0.15) is 10.4 Å². The van der Waals surface area contributed by atoms with Gasteiger partial charge in [0.1, 0.15) is 5.82 Å². The number of aromatic amines is 1. The second-order valence-corrected chi connectivity index (χ2v) is 6.86. The molecule has 0 aliphatic heterocycles. The minimum atomic E-state index is 0.558. The summed E-state index contributed by atoms with van der Waals surface area (Å²) >= 11 is 0. The van der Waals surface area contributed by atoms with Gasteiger partial charge < -0.3 is 5.32 Å². The maximum absolute atomic E-state index is 9.29. The second kappa shape index (κ2) is 6.73. The smallest absolute Gasteiger partial charge is 0.162 e. The Kier molecular flexibility index (Phi) is 3.92. The summed E-state index contributed by atoms with van der Waals surface area (Å²) in [5, 5.41) is 22.8. The molecule has 2 aromatic heterocycles. The third kappa shape index (κ3) is 3.15. The van der Waals surface area contributed by atoms with E-state index in [2.05, 4.69) is 45.8 Å². The number of nitrogens with one attached hydrogen (secondary N) is 2. The van der Waals surface area contributed by atoms with Crippen LogP contribution in [-0.4, -0.2) is 20.2 Å². The van der Waals surface area contributed by atoms with E-state index in [9.17, 15) is 5.26 Å². The Balaban J connectivity index is 1.70. The normalized spacial score (nSPS) is 10.9. The lowest BCUT2D eigenvalue weighted by Gasteiger charge is -2.10. The number of fused-ring (bicyclic) bond motifs is 2. The Labute approximate surface area is 166 Å². The predicted molar refractivity (Wildman–Crippen MR) is 114 cm³/mol. The van der Waals surface area contributed by atoms with E-state index in [1.54, 1.807) is 12.1 Å². The molecule has 138 valence electrons. The number of hydrogen-bond acceptors (Lipinski definition) is 5. The molecule has 0 bridgehead atoms. The number of H-pyrrole nitrogens is 1. The van der Waals surface area contributed by atoms with Crippen LogP contribution in [-0.2, 0) is 0 Å². The number of anilines is 2. The summed E-state index contributed by atoms with van der Waals surface area (Å²) in [6.45, 7) is 1.94. The maximum atomic E-state index is 9.29. The van der Waals surface area contributed by atoms with Crippen LogP contribution >= 0.6 is 0 Å². The van der Waals surface area contributed by atoms with Gasteiger partial charge in [-0.15, -0.1) is 0 Å². The van der Waals surface area contributed by atoms with Crippen LogP contribution < -0.4 is 5.32 Å². The van der Waals surface area contributed by atoms with Gasteiger partial charge >= 0.3 is 0 Å². The SMILES string of the molecule is Cc1cc(Nc2nc(-c3ccc4ccccc4c3)nc3cc(C#N)ccc23)n[nH]1. The van der Waals surface area contributed by atoms with Crippen LogP contribution in [0, 0.1) is 18.3 Å². The summed E-state index contributed by atoms with van der Waals surface area (Å²) in [6.07, 6.45) is 0. The van der Waals surface area contributed by atoms with Gasteiger partial charge in [0.2, 0.25) is 0 Å². The van der Waals surface area contributed by atoms with Crippen molar-refractivity contribution in [3.63, 3.8) is 0 Å². The molecule has 5 rings (SSSR count). The van der Waals surface area contributed by atoms with Gasteiger partial charge in [-0.05, 0) is 42.0 Å². The molecule has 0 saturated heterocycles. The van der Waals surface area contributed by atoms with E-state index in [0.29, 0.717) is 28.5 Å². The van der Waals surface area contributed by atoms with Crippen LogP contribution in [0.3, 0.4) is 0 Å². The molecule has 0 saturated carbocycles. The Morgan fingerprint density at radius 3 is 2.59 bits per heavy atom. The van der Waals surface area contributed by atoms with Gasteiger partial charge in [0, 0.05) is 22.7 Å². The van der Waals surface area contributed by atoms with Crippen LogP contribution in [0.5, 0.6) is 0 Å². The highest BCUT2D eigenvalue weighted by Gasteiger charge is 2.12. The largest absolute Gasteiger partial charge is 0.323 e. The number of nitrogens with zero attached hydrogens (tertiary/aromatic N) is 4. The molecule has 2 heterocycles. The molecule has 0 unspecified atom stereocenters. The molecule has 5 aromatic rings. The summed E-state index contributed by atoms with van der Waals surface area (Å²) in [4.78, 5) is 9.52. The zero-order chi connectivity index (χ0) is 19.8. The fourth-order valence-corrected chi connectivity index (χ4v) is 3.36. The van der Waals surface area contributed by atoms with Crippen molar-refractivity contribution >= 4 is 33.3 Å². The lowest BCUT2D eigenvalue weighted by molar-refractivity contribution is 1.05. The van der Waals surface area contributed by atoms with Gasteiger partial charge in [-0.1, -0.05) is 36.4 Å². The number of aryl methyl sites for hydroxylation is 1. The summed E-state index contributed by atoms with van der Waals surface area (Å²) in [7, 11) is 0. The van der Waals surface area contributed by atoms with Crippen molar-refractivity contribution in [2.24, 2.45) is 0 Å². The molecule has 0 fully saturated rings. The van der Waals surface area contributed by atoms with Crippen molar-refractivity contribution in [1.29, 1.82) is 5.26 Å². The van der Waals surface area contributed by atoms with Crippen LogP contribution in [0.25, 0.3) is 33.1 Å². The molecule has 0 atom stereocenters. The molecule has 6 heteroatoms. The highest BCUT2D eigenvalue weighted by atomic mass is 15.2. The average Bonchev–Trinajstić information content (AvgIpc) is 3.17. The van der Waals surface area contributed by atoms with Crippen LogP contribution in [0.15, 0.2) is 66.7 Å². The molecule has 0 aliphatic carbocycles. The first-order chi connectivity index (χ1) is 14.2. The summed E-state index contributed by atoms with van der Waals surface area (Å²) in [5.74, 6) is 1.92. The number of hydrogen-bond donors (Lipinski definition) is 2. The zero-order valence-corrected chi connectivity index (χ0v) is 15.6. The van der Waals surface area contributed by atoms with Crippen molar-refractivity contribution in [2.45, 2.75) is 6.92 Å². The van der Waals surface area contributed by atoms with E-state index in [-0.39, 0.29) is 0 Å². The first-order valence-electron chi connectivity index (χ1n) is 9.20. The summed E-state index contributed by atoms with van der Waals surface area (Å²) < 4.78 is 0. The third-order valence-electron chi connectivity index (χ3n) is 4.79. The second-order valence-electron chi connectivity index (χ2n) is 6.86. The monoisotopic (exact) mass is 376 g/mol. The van der Waals surface area contributed by atoms with E-state index in [1.807, 2.05) is 37.3 Å². The molecule has 0 radical (unpaired) electrons. The number of nitriles is 1. The Hall–Kier alpha value is -4.24. The van der Waals surface area contributed by atoms with Crippen molar-refractivity contribution in [1.82, 2.24) is 20.2 Å². The van der Waals surface area contributed by atoms with Crippen LogP contribution in [0.1, 0.15) is 11.3 Å². The molecule has 0 aliphatic rings. The van der Waals surface area contributed by atoms with Gasteiger partial charge in [0.25, 0.3) is 0 Å². The average molecular weight is 376 g/mol. The van der Waals surface area contributed by atoms with E-state index in [0.717, 1.165) is 27.4 Å². The highest BCUT2D eigenvalue weighted by Crippen LogP contribution is 2.29. The van der Waals surface area contributed by atoms with Crippen LogP contribution in [0.2, 0.25) is 0 Å². The summed E-state index contributed by atoms with van der Waals surface area (Å²) in [5.41, 5.74) is 3.13. The fraction of sp³-hybridized carbons (Fsp3) is 0.0435. The van der Waals surface area contributed by atoms with Crippen LogP contribution in [0.4, 0.5) is 11.6 Å². The quantitative estimate of drug-likeness (QED) is 0.457. The van der Waals surface area contributed by atoms with Gasteiger partial charge in [-0.3, -0.25) is 5.10 Å². The highest BCUT2D eigenvalue weighted by molar-refractivity contribution is 5.93. The molecule has 29 heavy (non-hydrogen) atoms. The molecule has 0 amide bonds. The van der Waals surface area contributed by atoms with Gasteiger partial charge in [0.05, 0.1) is 17.1 Å². The van der Waals surface area contributed by atoms with E-state index >= 15 is 0 Å². The lowest BCUT2D eigenvalue weighted by Crippen LogP contribution is -2.00. The molecule has 3 aromatic carbocycles. The molecular formula is C23H16N6. The van der Waals surface area contributed by atoms with Crippen molar-refractivity contribution in [3.05, 3.63) is 78.0 Å². The fourth-order valence-electron chi connectivity index (χ4n) is 3.36. The Morgan fingerprint density at radius 1 is 0.931 bits per heavy atom. The van der Waals surface area contributed by atoms with Gasteiger partial charge in [-0.25, -0.2) is 9.97 Å². The molecular weight excluding hydrogens is 360 g/mol. The van der Waals surface area contributed by atoms with E-state index in [1.165, 1.54) is 0 Å². The molecule has 2 N–H and O–H groups in total. The Bertz CT molecular complexity index is 1410. The number of rotatable bonds is 3. The standard InChI is InChI=1S/C23H16N6/c1-14-10-21(29-28-14)26-23-19-9-6-15(13-24)11-20(19)25-22(27-23)18-8-7-16-4-2-3-5-17(16)12-18/h2-12H,1H3,(H2,25,26,27,28,29). The summed E-state index contributed by atoms with van der Waals surface area (Å²) in [6, 6.07) is 23.8. The topological polar surface area (TPSA) is 90.3 Å². The number of benzene rings is 3. The van der Waals surface area contributed by atoms with Gasteiger partial charge in [0.15, 0.2) is 11.6 Å². The minimum Gasteiger partial charge on any atom is -0.323 e. The lowest BCUT2D eigenvalue weighted by atomic mass is 10.1. The number of aromatic nitrogens is 4.